The largest absolute Gasteiger partial charge is 0.426 e. The highest BCUT2D eigenvalue weighted by atomic mass is 16.6. The lowest BCUT2D eigenvalue weighted by molar-refractivity contribution is -0.133. The van der Waals surface area contributed by atoms with Gasteiger partial charge in [-0.05, 0) is 5.16 Å². The van der Waals surface area contributed by atoms with Crippen LogP contribution in [0.4, 0.5) is 0 Å². The van der Waals surface area contributed by atoms with Gasteiger partial charge in [-0.1, -0.05) is 0 Å². The first-order valence-electron chi connectivity index (χ1n) is 4.98. The second kappa shape index (κ2) is 3.66. The van der Waals surface area contributed by atoms with Crippen LogP contribution in [0.15, 0.2) is 16.7 Å². The summed E-state index contributed by atoms with van der Waals surface area (Å²) in [5.74, 6) is -1.88. The number of nitrogens with zero attached hydrogens (tertiary/aromatic N) is 1. The highest BCUT2D eigenvalue weighted by Gasteiger charge is 2.23. The average Bonchev–Trinajstić information content (AvgIpc) is 2.70. The fourth-order valence-corrected chi connectivity index (χ4v) is 1.66. The van der Waals surface area contributed by atoms with E-state index in [1.54, 1.807) is 0 Å². The molecule has 0 fully saturated rings. The maximum Gasteiger partial charge on any atom is 0.337 e. The van der Waals surface area contributed by atoms with Crippen molar-refractivity contribution in [1.29, 1.82) is 0 Å². The van der Waals surface area contributed by atoms with E-state index in [0.717, 1.165) is 12.2 Å². The average molecular weight is 247 g/mol. The third-order valence-corrected chi connectivity index (χ3v) is 2.37. The summed E-state index contributed by atoms with van der Waals surface area (Å²) in [7, 11) is 0. The van der Waals surface area contributed by atoms with E-state index in [4.69, 9.17) is 14.0 Å². The van der Waals surface area contributed by atoms with Crippen LogP contribution in [0.3, 0.4) is 0 Å². The number of hydrogen-bond acceptors (Lipinski definition) is 7. The number of hydrogen-bond donors (Lipinski definition) is 0. The number of carbonyl (C=O) groups excluding carboxylic acids is 3. The van der Waals surface area contributed by atoms with Gasteiger partial charge in [0.1, 0.15) is 11.0 Å². The van der Waals surface area contributed by atoms with Gasteiger partial charge in [0.2, 0.25) is 0 Å². The van der Waals surface area contributed by atoms with E-state index in [1.807, 2.05) is 0 Å². The van der Waals surface area contributed by atoms with Gasteiger partial charge in [-0.25, -0.2) is 9.59 Å². The molecule has 0 saturated carbocycles. The van der Waals surface area contributed by atoms with Crippen molar-refractivity contribution < 1.29 is 28.4 Å². The molecule has 0 amide bonds. The Labute approximate surface area is 98.9 Å². The SMILES string of the molecule is O=C1C=c2onc3c2=C(C1)OC(=O)/C=C\C(=O)O3. The van der Waals surface area contributed by atoms with Gasteiger partial charge in [-0.15, -0.1) is 0 Å². The number of ether oxygens (including phenoxy) is 2. The van der Waals surface area contributed by atoms with E-state index in [0.29, 0.717) is 0 Å². The molecule has 1 aliphatic carbocycles. The molecule has 18 heavy (non-hydrogen) atoms. The molecule has 0 aromatic carbocycles. The van der Waals surface area contributed by atoms with Crippen molar-refractivity contribution in [2.24, 2.45) is 0 Å². The molecular weight excluding hydrogens is 242 g/mol. The standard InChI is InChI=1S/C11H5NO6/c13-5-3-6-10-7(4-5)18-12-11(10)17-9(15)2-1-8(14)16-6/h1-2,4H,3H2/b2-1-. The summed E-state index contributed by atoms with van der Waals surface area (Å²) in [6, 6.07) is 0. The minimum absolute atomic E-state index is 0.0677. The van der Waals surface area contributed by atoms with E-state index >= 15 is 0 Å². The van der Waals surface area contributed by atoms with Crippen LogP contribution in [0.2, 0.25) is 0 Å². The molecule has 2 heterocycles. The first-order valence-corrected chi connectivity index (χ1v) is 4.98. The van der Waals surface area contributed by atoms with Crippen molar-refractivity contribution in [3.05, 3.63) is 22.8 Å². The molecule has 90 valence electrons. The molecule has 1 aromatic rings. The summed E-state index contributed by atoms with van der Waals surface area (Å²) in [5, 5.41) is 3.75. The Kier molecular flexibility index (Phi) is 2.12. The van der Waals surface area contributed by atoms with Gasteiger partial charge >= 0.3 is 11.9 Å². The highest BCUT2D eigenvalue weighted by molar-refractivity contribution is 6.10. The topological polar surface area (TPSA) is 95.7 Å². The fourth-order valence-electron chi connectivity index (χ4n) is 1.66. The highest BCUT2D eigenvalue weighted by Crippen LogP contribution is 2.12. The predicted octanol–water partition coefficient (Wildman–Crippen LogP) is -1.45. The number of Topliss-reactive ketones (excluding diaryl/α,β-unsaturated/α-hetero) is 1. The maximum absolute atomic E-state index is 11.4. The van der Waals surface area contributed by atoms with Crippen LogP contribution in [0.5, 0.6) is 5.88 Å². The molecule has 0 unspecified atom stereocenters. The summed E-state index contributed by atoms with van der Waals surface area (Å²) in [6.45, 7) is 0. The van der Waals surface area contributed by atoms with E-state index in [2.05, 4.69) is 5.16 Å². The molecule has 7 nitrogen and oxygen atoms in total. The molecule has 0 atom stereocenters. The molecule has 0 saturated heterocycles. The Bertz CT molecular complexity index is 723. The maximum atomic E-state index is 11.4. The lowest BCUT2D eigenvalue weighted by Crippen LogP contribution is -2.31. The zero-order valence-electron chi connectivity index (χ0n) is 8.84. The van der Waals surface area contributed by atoms with Gasteiger partial charge in [0.05, 0.1) is 6.42 Å². The quantitative estimate of drug-likeness (QED) is 0.518. The summed E-state index contributed by atoms with van der Waals surface area (Å²) < 4.78 is 14.7. The van der Waals surface area contributed by atoms with Crippen LogP contribution in [-0.2, 0) is 19.1 Å². The third kappa shape index (κ3) is 1.61. The van der Waals surface area contributed by atoms with Crippen molar-refractivity contribution in [3.8, 4) is 5.88 Å². The van der Waals surface area contributed by atoms with Crippen molar-refractivity contribution in [2.45, 2.75) is 6.42 Å². The molecule has 2 aliphatic rings. The van der Waals surface area contributed by atoms with Gasteiger partial charge in [0, 0.05) is 18.2 Å². The molecule has 1 aliphatic heterocycles. The van der Waals surface area contributed by atoms with Crippen LogP contribution in [0.1, 0.15) is 6.42 Å². The lowest BCUT2D eigenvalue weighted by Gasteiger charge is -2.06. The van der Waals surface area contributed by atoms with Crippen molar-refractivity contribution in [1.82, 2.24) is 5.16 Å². The summed E-state index contributed by atoms with van der Waals surface area (Å²) in [4.78, 5) is 34.1. The van der Waals surface area contributed by atoms with Crippen LogP contribution in [0.25, 0.3) is 11.8 Å². The minimum atomic E-state index is -0.777. The van der Waals surface area contributed by atoms with Gasteiger partial charge in [-0.2, -0.15) is 0 Å². The van der Waals surface area contributed by atoms with E-state index < -0.39 is 11.9 Å². The second-order valence-electron chi connectivity index (χ2n) is 3.61. The van der Waals surface area contributed by atoms with Crippen LogP contribution >= 0.6 is 0 Å². The molecule has 0 bridgehead atoms. The first-order chi connectivity index (χ1) is 8.63. The zero-order chi connectivity index (χ0) is 12.7. The Morgan fingerprint density at radius 2 is 1.78 bits per heavy atom. The van der Waals surface area contributed by atoms with Crippen molar-refractivity contribution in [2.75, 3.05) is 0 Å². The van der Waals surface area contributed by atoms with Gasteiger partial charge in [-0.3, -0.25) is 4.79 Å². The minimum Gasteiger partial charge on any atom is -0.426 e. The predicted molar refractivity (Wildman–Crippen MR) is 54.1 cm³/mol. The Morgan fingerprint density at radius 1 is 1.06 bits per heavy atom. The Hall–Kier alpha value is -2.70. The number of aromatic nitrogens is 1. The van der Waals surface area contributed by atoms with Crippen LogP contribution in [0, 0.1) is 0 Å². The summed E-state index contributed by atoms with van der Waals surface area (Å²) in [6.07, 6.45) is 2.92. The van der Waals surface area contributed by atoms with Crippen molar-refractivity contribution >= 4 is 29.6 Å². The van der Waals surface area contributed by atoms with Crippen LogP contribution in [-0.4, -0.2) is 22.9 Å². The van der Waals surface area contributed by atoms with Crippen molar-refractivity contribution in [3.63, 3.8) is 0 Å². The number of carbonyl (C=O) groups is 3. The van der Waals surface area contributed by atoms with Crippen LogP contribution < -0.4 is 15.4 Å². The molecule has 7 heteroatoms. The molecule has 1 aromatic heterocycles. The molecule has 0 radical (unpaired) electrons. The summed E-state index contributed by atoms with van der Waals surface area (Å²) >= 11 is 0. The Morgan fingerprint density at radius 3 is 2.56 bits per heavy atom. The van der Waals surface area contributed by atoms with Gasteiger partial charge < -0.3 is 14.0 Å². The molecule has 0 N–H and O–H groups in total. The van der Waals surface area contributed by atoms with E-state index in [9.17, 15) is 14.4 Å². The smallest absolute Gasteiger partial charge is 0.337 e. The van der Waals surface area contributed by atoms with Gasteiger partial charge in [0.25, 0.3) is 5.88 Å². The third-order valence-electron chi connectivity index (χ3n) is 2.37. The fraction of sp³-hybridized carbons (Fsp3) is 0.0909. The normalized spacial score (nSPS) is 19.8. The number of ketones is 1. The van der Waals surface area contributed by atoms with E-state index in [-0.39, 0.29) is 34.5 Å². The van der Waals surface area contributed by atoms with E-state index in [1.165, 1.54) is 6.08 Å². The molecular formula is C11H5NO6. The zero-order valence-corrected chi connectivity index (χ0v) is 8.84. The monoisotopic (exact) mass is 247 g/mol. The molecule has 3 rings (SSSR count). The lowest BCUT2D eigenvalue weighted by atomic mass is 10.1. The second-order valence-corrected chi connectivity index (χ2v) is 3.61. The number of esters is 2. The van der Waals surface area contributed by atoms with Gasteiger partial charge in [0.15, 0.2) is 11.2 Å². The number of rotatable bonds is 0. The first kappa shape index (κ1) is 10.5. The molecule has 0 spiro atoms. The Balaban J connectivity index is 2.30. The summed E-state index contributed by atoms with van der Waals surface area (Å²) in [5.41, 5.74) is 0.110.